The largest absolute Gasteiger partial charge is 0.466 e. The van der Waals surface area contributed by atoms with Crippen molar-refractivity contribution in [3.05, 3.63) is 46.5 Å². The van der Waals surface area contributed by atoms with E-state index in [0.29, 0.717) is 10.6 Å². The van der Waals surface area contributed by atoms with E-state index in [1.165, 1.54) is 22.5 Å². The molecule has 0 N–H and O–H groups in total. The Hall–Kier alpha value is -2.06. The lowest BCUT2D eigenvalue weighted by Crippen LogP contribution is -2.29. The van der Waals surface area contributed by atoms with Crippen LogP contribution in [0.15, 0.2) is 40.3 Å². The molecule has 2 rings (SSSR count). The summed E-state index contributed by atoms with van der Waals surface area (Å²) in [6.07, 6.45) is 1.49. The van der Waals surface area contributed by atoms with Crippen LogP contribution in [0.5, 0.6) is 0 Å². The molecular weight excluding hydrogens is 236 g/mol. The lowest BCUT2D eigenvalue weighted by Gasteiger charge is -2.20. The lowest BCUT2D eigenvalue weighted by atomic mass is 10.2. The Kier molecular flexibility index (Phi) is 3.26. The third kappa shape index (κ3) is 2.22. The van der Waals surface area contributed by atoms with Gasteiger partial charge in [-0.05, 0) is 23.6 Å². The number of rotatable bonds is 3. The van der Waals surface area contributed by atoms with E-state index in [4.69, 9.17) is 9.68 Å². The van der Waals surface area contributed by atoms with Crippen molar-refractivity contribution in [1.29, 1.82) is 5.26 Å². The van der Waals surface area contributed by atoms with Crippen molar-refractivity contribution in [3.63, 3.8) is 0 Å². The number of furan rings is 1. The molecule has 5 heteroatoms. The van der Waals surface area contributed by atoms with Crippen molar-refractivity contribution in [1.82, 2.24) is 4.90 Å². The van der Waals surface area contributed by atoms with E-state index in [-0.39, 0.29) is 5.91 Å². The fourth-order valence-corrected chi connectivity index (χ4v) is 2.18. The van der Waals surface area contributed by atoms with E-state index in [9.17, 15) is 4.79 Å². The highest BCUT2D eigenvalue weighted by Gasteiger charge is 2.24. The Morgan fingerprint density at radius 1 is 1.53 bits per heavy atom. The van der Waals surface area contributed by atoms with Gasteiger partial charge in [0.25, 0.3) is 5.91 Å². The molecule has 0 radical (unpaired) electrons. The van der Waals surface area contributed by atoms with Gasteiger partial charge in [0.15, 0.2) is 6.04 Å². The average Bonchev–Trinajstić information content (AvgIpc) is 3.01. The number of nitrogens with zero attached hydrogens (tertiary/aromatic N) is 2. The number of nitriles is 1. The molecular formula is C12H10N2O2S. The second-order valence-corrected chi connectivity index (χ2v) is 4.39. The summed E-state index contributed by atoms with van der Waals surface area (Å²) < 4.78 is 5.16. The third-order valence-corrected chi connectivity index (χ3v) is 3.23. The zero-order valence-corrected chi connectivity index (χ0v) is 9.98. The Bertz CT molecular complexity index is 525. The van der Waals surface area contributed by atoms with Crippen molar-refractivity contribution >= 4 is 17.2 Å². The van der Waals surface area contributed by atoms with Crippen LogP contribution in [0.3, 0.4) is 0 Å². The van der Waals surface area contributed by atoms with Gasteiger partial charge in [-0.15, -0.1) is 11.3 Å². The van der Waals surface area contributed by atoms with Crippen molar-refractivity contribution < 1.29 is 9.21 Å². The molecule has 0 saturated heterocycles. The van der Waals surface area contributed by atoms with Crippen molar-refractivity contribution in [2.75, 3.05) is 7.05 Å². The molecule has 2 heterocycles. The van der Waals surface area contributed by atoms with Gasteiger partial charge in [0, 0.05) is 7.05 Å². The van der Waals surface area contributed by atoms with Crippen LogP contribution in [0.25, 0.3) is 0 Å². The minimum absolute atomic E-state index is 0.178. The van der Waals surface area contributed by atoms with Gasteiger partial charge in [-0.25, -0.2) is 0 Å². The normalized spacial score (nSPS) is 11.8. The monoisotopic (exact) mass is 246 g/mol. The maximum atomic E-state index is 12.0. The van der Waals surface area contributed by atoms with Crippen LogP contribution < -0.4 is 0 Å². The third-order valence-electron chi connectivity index (χ3n) is 2.37. The molecule has 0 aromatic carbocycles. The Labute approximate surface area is 103 Å². The number of thiophene rings is 1. The first-order chi connectivity index (χ1) is 8.24. The molecule has 1 atom stereocenters. The van der Waals surface area contributed by atoms with E-state index >= 15 is 0 Å². The van der Waals surface area contributed by atoms with Gasteiger partial charge in [-0.3, -0.25) is 4.79 Å². The van der Waals surface area contributed by atoms with Crippen molar-refractivity contribution in [2.24, 2.45) is 0 Å². The number of hydrogen-bond acceptors (Lipinski definition) is 4. The van der Waals surface area contributed by atoms with Gasteiger partial charge in [-0.1, -0.05) is 6.07 Å². The molecule has 0 spiro atoms. The van der Waals surface area contributed by atoms with Gasteiger partial charge >= 0.3 is 0 Å². The molecule has 1 unspecified atom stereocenters. The second kappa shape index (κ2) is 4.85. The van der Waals surface area contributed by atoms with Gasteiger partial charge in [0.2, 0.25) is 0 Å². The summed E-state index contributed by atoms with van der Waals surface area (Å²) in [5.41, 5.74) is 0. The van der Waals surface area contributed by atoms with E-state index in [2.05, 4.69) is 6.07 Å². The van der Waals surface area contributed by atoms with Crippen LogP contribution in [0, 0.1) is 11.3 Å². The molecule has 17 heavy (non-hydrogen) atoms. The molecule has 1 amide bonds. The first-order valence-corrected chi connectivity index (χ1v) is 5.85. The second-order valence-electron chi connectivity index (χ2n) is 3.44. The van der Waals surface area contributed by atoms with Crippen LogP contribution >= 0.6 is 11.3 Å². The highest BCUT2D eigenvalue weighted by molar-refractivity contribution is 7.12. The quantitative estimate of drug-likeness (QED) is 0.836. The summed E-state index contributed by atoms with van der Waals surface area (Å²) in [5.74, 6) is 0.294. The van der Waals surface area contributed by atoms with Gasteiger partial charge in [0.05, 0.1) is 17.2 Å². The molecule has 0 saturated carbocycles. The molecule has 2 aromatic heterocycles. The van der Waals surface area contributed by atoms with Crippen molar-refractivity contribution in [2.45, 2.75) is 6.04 Å². The minimum Gasteiger partial charge on any atom is -0.466 e. The molecule has 0 fully saturated rings. The lowest BCUT2D eigenvalue weighted by molar-refractivity contribution is 0.0755. The van der Waals surface area contributed by atoms with Crippen LogP contribution in [0.1, 0.15) is 21.5 Å². The summed E-state index contributed by atoms with van der Waals surface area (Å²) in [6.45, 7) is 0. The van der Waals surface area contributed by atoms with E-state index in [0.717, 1.165) is 0 Å². The first kappa shape index (κ1) is 11.4. The first-order valence-electron chi connectivity index (χ1n) is 4.97. The van der Waals surface area contributed by atoms with Gasteiger partial charge in [0.1, 0.15) is 5.76 Å². The Balaban J connectivity index is 2.22. The highest BCUT2D eigenvalue weighted by Crippen LogP contribution is 2.22. The van der Waals surface area contributed by atoms with Gasteiger partial charge in [-0.2, -0.15) is 5.26 Å². The zero-order chi connectivity index (χ0) is 12.3. The van der Waals surface area contributed by atoms with Crippen molar-refractivity contribution in [3.8, 4) is 6.07 Å². The summed E-state index contributed by atoms with van der Waals surface area (Å²) in [7, 11) is 1.60. The fourth-order valence-electron chi connectivity index (χ4n) is 1.48. The number of amides is 1. The molecule has 0 aliphatic carbocycles. The summed E-state index contributed by atoms with van der Waals surface area (Å²) in [6, 6.07) is 8.29. The molecule has 0 aliphatic rings. The standard InChI is InChI=1S/C12H10N2O2S/c1-14(12(15)11-5-3-7-17-11)9(8-13)10-4-2-6-16-10/h2-7,9H,1H3. The predicted octanol–water partition coefficient (Wildman–Crippen LogP) is 2.68. The minimum atomic E-state index is -0.695. The molecule has 0 bridgehead atoms. The molecule has 4 nitrogen and oxygen atoms in total. The molecule has 0 aliphatic heterocycles. The molecule has 2 aromatic rings. The highest BCUT2D eigenvalue weighted by atomic mass is 32.1. The Morgan fingerprint density at radius 3 is 2.88 bits per heavy atom. The number of carbonyl (C=O) groups is 1. The average molecular weight is 246 g/mol. The SMILES string of the molecule is CN(C(=O)c1cccs1)C(C#N)c1ccco1. The Morgan fingerprint density at radius 2 is 2.35 bits per heavy atom. The summed E-state index contributed by atoms with van der Waals surface area (Å²) in [4.78, 5) is 14.0. The summed E-state index contributed by atoms with van der Waals surface area (Å²) in [5, 5.41) is 10.9. The summed E-state index contributed by atoms with van der Waals surface area (Å²) >= 11 is 1.35. The van der Waals surface area contributed by atoms with E-state index < -0.39 is 6.04 Å². The maximum absolute atomic E-state index is 12.0. The number of carbonyl (C=O) groups excluding carboxylic acids is 1. The van der Waals surface area contributed by atoms with Gasteiger partial charge < -0.3 is 9.32 Å². The topological polar surface area (TPSA) is 57.2 Å². The smallest absolute Gasteiger partial charge is 0.265 e. The number of hydrogen-bond donors (Lipinski definition) is 0. The van der Waals surface area contributed by atoms with Crippen LogP contribution in [0.4, 0.5) is 0 Å². The van der Waals surface area contributed by atoms with E-state index in [1.807, 2.05) is 5.38 Å². The van der Waals surface area contributed by atoms with Crippen LogP contribution in [-0.4, -0.2) is 17.9 Å². The predicted molar refractivity (Wildman–Crippen MR) is 63.5 cm³/mol. The zero-order valence-electron chi connectivity index (χ0n) is 9.16. The fraction of sp³-hybridized carbons (Fsp3) is 0.167. The maximum Gasteiger partial charge on any atom is 0.265 e. The van der Waals surface area contributed by atoms with E-state index in [1.54, 1.807) is 31.3 Å². The molecule has 86 valence electrons. The van der Waals surface area contributed by atoms with Crippen LogP contribution in [0.2, 0.25) is 0 Å². The van der Waals surface area contributed by atoms with Crippen LogP contribution in [-0.2, 0) is 0 Å².